The first-order valence-electron chi connectivity index (χ1n) is 11.6. The van der Waals surface area contributed by atoms with E-state index in [1.54, 1.807) is 17.5 Å². The zero-order valence-corrected chi connectivity index (χ0v) is 19.8. The van der Waals surface area contributed by atoms with Crippen LogP contribution in [-0.2, 0) is 6.54 Å². The fourth-order valence-corrected chi connectivity index (χ4v) is 6.27. The van der Waals surface area contributed by atoms with E-state index in [1.165, 1.54) is 20.5 Å². The predicted octanol–water partition coefficient (Wildman–Crippen LogP) is 5.92. The molecule has 0 radical (unpaired) electrons. The summed E-state index contributed by atoms with van der Waals surface area (Å²) in [7, 11) is 0. The summed E-state index contributed by atoms with van der Waals surface area (Å²) in [6.07, 6.45) is 5.86. The smallest absolute Gasteiger partial charge is 0.225 e. The Hall–Kier alpha value is -3.76. The molecule has 0 N–H and O–H groups in total. The Kier molecular flexibility index (Phi) is 5.23. The van der Waals surface area contributed by atoms with Gasteiger partial charge in [0.05, 0.1) is 16.6 Å². The second-order valence-electron chi connectivity index (χ2n) is 8.79. The lowest BCUT2D eigenvalue weighted by atomic mass is 9.89. The highest BCUT2D eigenvalue weighted by atomic mass is 32.1. The van der Waals surface area contributed by atoms with E-state index >= 15 is 0 Å². The fourth-order valence-electron chi connectivity index (χ4n) is 5.24. The van der Waals surface area contributed by atoms with E-state index in [9.17, 15) is 5.26 Å². The molecule has 1 aliphatic rings. The van der Waals surface area contributed by atoms with E-state index in [-0.39, 0.29) is 0 Å². The van der Waals surface area contributed by atoms with E-state index in [2.05, 4.69) is 64.3 Å². The molecule has 1 aliphatic heterocycles. The van der Waals surface area contributed by atoms with Crippen LogP contribution in [-0.4, -0.2) is 32.6 Å². The van der Waals surface area contributed by atoms with Crippen molar-refractivity contribution in [3.05, 3.63) is 72.2 Å². The van der Waals surface area contributed by atoms with Crippen LogP contribution in [0.1, 0.15) is 30.0 Å². The Morgan fingerprint density at radius 2 is 2.03 bits per heavy atom. The first-order chi connectivity index (χ1) is 16.7. The number of pyridine rings is 1. The van der Waals surface area contributed by atoms with Crippen LogP contribution in [0.4, 0.5) is 5.95 Å². The predicted molar refractivity (Wildman–Crippen MR) is 137 cm³/mol. The SMILES string of the molecule is Cc1c(C2CCCN(c3nccc(-c4cc5ccccc5s4)n3)C2)c2cccnc2n1CC#N. The van der Waals surface area contributed by atoms with Crippen LogP contribution >= 0.6 is 11.3 Å². The van der Waals surface area contributed by atoms with Crippen LogP contribution < -0.4 is 4.90 Å². The van der Waals surface area contributed by atoms with Crippen molar-refractivity contribution in [1.29, 1.82) is 5.26 Å². The first kappa shape index (κ1) is 20.8. The molecule has 0 aliphatic carbocycles. The molecule has 5 heterocycles. The van der Waals surface area contributed by atoms with Crippen molar-refractivity contribution in [3.8, 4) is 16.6 Å². The van der Waals surface area contributed by atoms with Gasteiger partial charge < -0.3 is 9.47 Å². The van der Waals surface area contributed by atoms with E-state index in [0.29, 0.717) is 12.5 Å². The first-order valence-corrected chi connectivity index (χ1v) is 12.4. The van der Waals surface area contributed by atoms with Crippen molar-refractivity contribution in [2.45, 2.75) is 32.2 Å². The molecule has 0 amide bonds. The van der Waals surface area contributed by atoms with Gasteiger partial charge >= 0.3 is 0 Å². The number of nitrogens with zero attached hydrogens (tertiary/aromatic N) is 6. The lowest BCUT2D eigenvalue weighted by Crippen LogP contribution is -2.35. The molecule has 1 unspecified atom stereocenters. The number of nitriles is 1. The molecule has 34 heavy (non-hydrogen) atoms. The highest BCUT2D eigenvalue weighted by Crippen LogP contribution is 2.37. The van der Waals surface area contributed by atoms with Gasteiger partial charge in [0.15, 0.2) is 0 Å². The molecule has 4 aromatic heterocycles. The molecule has 0 spiro atoms. The van der Waals surface area contributed by atoms with Crippen molar-refractivity contribution in [1.82, 2.24) is 19.5 Å². The summed E-state index contributed by atoms with van der Waals surface area (Å²) < 4.78 is 3.32. The fraction of sp³-hybridized carbons (Fsp3) is 0.259. The Morgan fingerprint density at radius 1 is 1.12 bits per heavy atom. The normalized spacial score (nSPS) is 16.2. The minimum Gasteiger partial charge on any atom is -0.340 e. The van der Waals surface area contributed by atoms with Crippen LogP contribution in [0.5, 0.6) is 0 Å². The van der Waals surface area contributed by atoms with Gasteiger partial charge in [-0.3, -0.25) is 0 Å². The van der Waals surface area contributed by atoms with Gasteiger partial charge in [-0.1, -0.05) is 18.2 Å². The topological polar surface area (TPSA) is 70.6 Å². The maximum Gasteiger partial charge on any atom is 0.225 e. The van der Waals surface area contributed by atoms with E-state index < -0.39 is 0 Å². The lowest BCUT2D eigenvalue weighted by Gasteiger charge is -2.33. The Labute approximate surface area is 202 Å². The van der Waals surface area contributed by atoms with Crippen LogP contribution in [0.15, 0.2) is 60.9 Å². The summed E-state index contributed by atoms with van der Waals surface area (Å²) in [5, 5.41) is 11.8. The van der Waals surface area contributed by atoms with Crippen molar-refractivity contribution in [2.75, 3.05) is 18.0 Å². The van der Waals surface area contributed by atoms with Crippen molar-refractivity contribution in [3.63, 3.8) is 0 Å². The van der Waals surface area contributed by atoms with Gasteiger partial charge in [-0.2, -0.15) is 5.26 Å². The van der Waals surface area contributed by atoms with Crippen LogP contribution in [0.25, 0.3) is 31.7 Å². The minimum absolute atomic E-state index is 0.316. The minimum atomic E-state index is 0.316. The number of thiophene rings is 1. The zero-order valence-electron chi connectivity index (χ0n) is 19.0. The lowest BCUT2D eigenvalue weighted by molar-refractivity contribution is 0.503. The van der Waals surface area contributed by atoms with E-state index in [0.717, 1.165) is 54.3 Å². The summed E-state index contributed by atoms with van der Waals surface area (Å²) >= 11 is 1.77. The maximum absolute atomic E-state index is 9.36. The summed E-state index contributed by atoms with van der Waals surface area (Å²) in [5.41, 5.74) is 4.32. The van der Waals surface area contributed by atoms with Gasteiger partial charge in [0, 0.05) is 47.2 Å². The highest BCUT2D eigenvalue weighted by molar-refractivity contribution is 7.22. The molecular formula is C27H24N6S. The third kappa shape index (κ3) is 3.51. The van der Waals surface area contributed by atoms with Gasteiger partial charge in [0.1, 0.15) is 12.2 Å². The quantitative estimate of drug-likeness (QED) is 0.330. The standard InChI is InChI=1S/C27H24N6S/c1-18-25(21-8-4-12-29-26(21)33(18)15-11-28)20-7-5-14-32(17-20)27-30-13-10-22(31-27)24-16-19-6-2-3-9-23(19)34-24/h2-4,6,8-10,12-13,16,20H,5,7,14-15,17H2,1H3. The highest BCUT2D eigenvalue weighted by Gasteiger charge is 2.28. The molecule has 1 atom stereocenters. The van der Waals surface area contributed by atoms with E-state index in [1.807, 2.05) is 22.9 Å². The summed E-state index contributed by atoms with van der Waals surface area (Å²) in [6, 6.07) is 19.1. The average molecular weight is 465 g/mol. The number of aromatic nitrogens is 4. The van der Waals surface area contributed by atoms with Gasteiger partial charge in [0.25, 0.3) is 0 Å². The average Bonchev–Trinajstić information content (AvgIpc) is 3.44. The van der Waals surface area contributed by atoms with Crippen LogP contribution in [0, 0.1) is 18.3 Å². The number of fused-ring (bicyclic) bond motifs is 2. The number of hydrogen-bond donors (Lipinski definition) is 0. The van der Waals surface area contributed by atoms with Gasteiger partial charge in [0.2, 0.25) is 5.95 Å². The molecular weight excluding hydrogens is 440 g/mol. The number of hydrogen-bond acceptors (Lipinski definition) is 6. The van der Waals surface area contributed by atoms with Crippen molar-refractivity contribution in [2.24, 2.45) is 0 Å². The van der Waals surface area contributed by atoms with Gasteiger partial charge in [-0.05, 0) is 61.0 Å². The third-order valence-corrected chi connectivity index (χ3v) is 7.93. The third-order valence-electron chi connectivity index (χ3n) is 6.79. The maximum atomic E-state index is 9.36. The molecule has 1 fully saturated rings. The Morgan fingerprint density at radius 3 is 2.91 bits per heavy atom. The van der Waals surface area contributed by atoms with Gasteiger partial charge in [-0.15, -0.1) is 11.3 Å². The Balaban J connectivity index is 1.33. The molecule has 1 saturated heterocycles. The second kappa shape index (κ2) is 8.54. The number of rotatable bonds is 4. The monoisotopic (exact) mass is 464 g/mol. The summed E-state index contributed by atoms with van der Waals surface area (Å²) in [6.45, 7) is 4.24. The molecule has 1 aromatic carbocycles. The summed E-state index contributed by atoms with van der Waals surface area (Å²) in [4.78, 5) is 17.7. The largest absolute Gasteiger partial charge is 0.340 e. The molecule has 6 nitrogen and oxygen atoms in total. The number of piperidine rings is 1. The molecule has 7 heteroatoms. The number of benzene rings is 1. The molecule has 6 rings (SSSR count). The second-order valence-corrected chi connectivity index (χ2v) is 9.88. The molecule has 0 bridgehead atoms. The van der Waals surface area contributed by atoms with Crippen molar-refractivity contribution >= 4 is 38.4 Å². The molecule has 168 valence electrons. The van der Waals surface area contributed by atoms with Gasteiger partial charge in [-0.25, -0.2) is 15.0 Å². The number of anilines is 1. The van der Waals surface area contributed by atoms with Crippen LogP contribution in [0.3, 0.4) is 0 Å². The Bertz CT molecular complexity index is 1510. The van der Waals surface area contributed by atoms with Crippen molar-refractivity contribution < 1.29 is 0 Å². The molecule has 0 saturated carbocycles. The molecule has 5 aromatic rings. The summed E-state index contributed by atoms with van der Waals surface area (Å²) in [5.74, 6) is 1.13. The van der Waals surface area contributed by atoms with Crippen LogP contribution in [0.2, 0.25) is 0 Å². The van der Waals surface area contributed by atoms with E-state index in [4.69, 9.17) is 4.98 Å². The zero-order chi connectivity index (χ0) is 23.1.